The lowest BCUT2D eigenvalue weighted by molar-refractivity contribution is 0.524. The van der Waals surface area contributed by atoms with E-state index in [0.29, 0.717) is 12.0 Å². The van der Waals surface area contributed by atoms with Crippen LogP contribution < -0.4 is 9.80 Å². The van der Waals surface area contributed by atoms with E-state index in [0.717, 1.165) is 36.5 Å². The summed E-state index contributed by atoms with van der Waals surface area (Å²) in [6.07, 6.45) is 13.7. The van der Waals surface area contributed by atoms with Gasteiger partial charge >= 0.3 is 0 Å². The van der Waals surface area contributed by atoms with Crippen molar-refractivity contribution in [1.82, 2.24) is 4.98 Å². The second kappa shape index (κ2) is 11.0. The van der Waals surface area contributed by atoms with Crippen LogP contribution in [0.15, 0.2) is 151 Å². The van der Waals surface area contributed by atoms with Gasteiger partial charge in [0.05, 0.1) is 0 Å². The average molecular weight is 610 g/mol. The van der Waals surface area contributed by atoms with Crippen molar-refractivity contribution in [3.63, 3.8) is 0 Å². The summed E-state index contributed by atoms with van der Waals surface area (Å²) in [6.45, 7) is 4.68. The molecule has 3 aliphatic carbocycles. The maximum absolute atomic E-state index is 4.82. The van der Waals surface area contributed by atoms with E-state index in [9.17, 15) is 0 Å². The molecule has 0 saturated heterocycles. The van der Waals surface area contributed by atoms with Gasteiger partial charge in [0.1, 0.15) is 5.82 Å². The molecule has 0 spiro atoms. The van der Waals surface area contributed by atoms with E-state index < -0.39 is 0 Å². The van der Waals surface area contributed by atoms with Gasteiger partial charge in [0, 0.05) is 46.3 Å². The van der Waals surface area contributed by atoms with Crippen LogP contribution in [0.25, 0.3) is 16.7 Å². The highest BCUT2D eigenvalue weighted by Gasteiger charge is 2.41. The highest BCUT2D eigenvalue weighted by Crippen LogP contribution is 2.51. The van der Waals surface area contributed by atoms with Crippen LogP contribution in [-0.4, -0.2) is 11.0 Å². The summed E-state index contributed by atoms with van der Waals surface area (Å²) in [5.74, 6) is 1.38. The molecule has 9 rings (SSSR count). The molecule has 5 aromatic rings. The first kappa shape index (κ1) is 28.1. The molecular weight excluding hydrogens is 571 g/mol. The normalized spacial score (nSPS) is 20.3. The van der Waals surface area contributed by atoms with Crippen LogP contribution in [0.3, 0.4) is 0 Å². The number of aromatic nitrogens is 1. The maximum atomic E-state index is 4.82. The highest BCUT2D eigenvalue weighted by molar-refractivity contribution is 5.85. The number of nitrogens with zero attached hydrogens (tertiary/aromatic N) is 3. The molecule has 1 aliphatic heterocycles. The predicted molar refractivity (Wildman–Crippen MR) is 195 cm³/mol. The van der Waals surface area contributed by atoms with Crippen LogP contribution in [0.5, 0.6) is 0 Å². The summed E-state index contributed by atoms with van der Waals surface area (Å²) in [5, 5.41) is 0. The zero-order valence-corrected chi connectivity index (χ0v) is 27.1. The Morgan fingerprint density at radius 3 is 2.34 bits per heavy atom. The molecule has 1 aromatic heterocycles. The first-order valence-electron chi connectivity index (χ1n) is 17.1. The molecule has 0 fully saturated rings. The molecule has 3 heteroatoms. The van der Waals surface area contributed by atoms with Gasteiger partial charge in [-0.25, -0.2) is 4.98 Å². The molecule has 0 saturated carbocycles. The minimum atomic E-state index is -0.0641. The fourth-order valence-electron chi connectivity index (χ4n) is 8.63. The van der Waals surface area contributed by atoms with Crippen LogP contribution in [0.1, 0.15) is 56.2 Å². The van der Waals surface area contributed by atoms with E-state index in [1.165, 1.54) is 56.8 Å². The standard InChI is InChI=1S/C44H39N3/c1-44(2)39-16-8-6-14-35(39)36-25-24-34(29-40(36)44)46(43-18-10-11-27-45-43)33-22-19-30(20-23-33)31-21-26-42-38(28-31)37-15-7-9-17-41(37)47(42)32-12-4-3-5-13-32/h3-8,10-16,18-20,22-25,27-29,37,41H,9,17,21,26H2,1-2H3. The van der Waals surface area contributed by atoms with E-state index in [2.05, 4.69) is 151 Å². The first-order chi connectivity index (χ1) is 23.1. The van der Waals surface area contributed by atoms with Crippen LogP contribution in [0.4, 0.5) is 22.9 Å². The third kappa shape index (κ3) is 4.52. The summed E-state index contributed by atoms with van der Waals surface area (Å²) >= 11 is 0. The topological polar surface area (TPSA) is 19.4 Å². The van der Waals surface area contributed by atoms with Crippen molar-refractivity contribution >= 4 is 28.5 Å². The van der Waals surface area contributed by atoms with Gasteiger partial charge < -0.3 is 4.90 Å². The summed E-state index contributed by atoms with van der Waals surface area (Å²) < 4.78 is 0. The van der Waals surface area contributed by atoms with Crippen molar-refractivity contribution in [1.29, 1.82) is 0 Å². The van der Waals surface area contributed by atoms with Gasteiger partial charge in [0.25, 0.3) is 0 Å². The largest absolute Gasteiger partial charge is 0.341 e. The Labute approximate surface area is 278 Å². The Hall–Kier alpha value is -5.15. The minimum Gasteiger partial charge on any atom is -0.341 e. The average Bonchev–Trinajstić information content (AvgIpc) is 3.58. The van der Waals surface area contributed by atoms with Crippen molar-refractivity contribution in [2.24, 2.45) is 5.92 Å². The number of hydrogen-bond donors (Lipinski definition) is 0. The number of anilines is 4. The zero-order valence-electron chi connectivity index (χ0n) is 27.1. The number of allylic oxidation sites excluding steroid dienone is 4. The Balaban J connectivity index is 1.08. The van der Waals surface area contributed by atoms with E-state index in [1.54, 1.807) is 0 Å². The number of fused-ring (bicyclic) bond motifs is 5. The second-order valence-corrected chi connectivity index (χ2v) is 13.8. The van der Waals surface area contributed by atoms with Gasteiger partial charge in [-0.05, 0) is 113 Å². The number of benzene rings is 4. The number of hydrogen-bond acceptors (Lipinski definition) is 3. The van der Waals surface area contributed by atoms with Gasteiger partial charge in [-0.1, -0.05) is 98.8 Å². The third-order valence-electron chi connectivity index (χ3n) is 10.9. The van der Waals surface area contributed by atoms with E-state index >= 15 is 0 Å². The lowest BCUT2D eigenvalue weighted by Gasteiger charge is -2.33. The monoisotopic (exact) mass is 609 g/mol. The first-order valence-corrected chi connectivity index (χ1v) is 17.1. The zero-order chi connectivity index (χ0) is 31.5. The molecule has 4 aromatic carbocycles. The van der Waals surface area contributed by atoms with E-state index in [1.807, 2.05) is 12.3 Å². The molecule has 2 atom stereocenters. The van der Waals surface area contributed by atoms with Gasteiger partial charge in [-0.2, -0.15) is 0 Å². The molecular formula is C44H39N3. The van der Waals surface area contributed by atoms with Crippen LogP contribution in [0, 0.1) is 5.92 Å². The van der Waals surface area contributed by atoms with Crippen molar-refractivity contribution in [2.75, 3.05) is 9.80 Å². The van der Waals surface area contributed by atoms with Gasteiger partial charge in [-0.3, -0.25) is 4.90 Å². The lowest BCUT2D eigenvalue weighted by Crippen LogP contribution is -2.34. The van der Waals surface area contributed by atoms with E-state index in [4.69, 9.17) is 4.98 Å². The van der Waals surface area contributed by atoms with Gasteiger partial charge in [-0.15, -0.1) is 0 Å². The Morgan fingerprint density at radius 1 is 0.745 bits per heavy atom. The molecule has 2 heterocycles. The summed E-state index contributed by atoms with van der Waals surface area (Å²) in [7, 11) is 0. The second-order valence-electron chi connectivity index (χ2n) is 13.8. The smallest absolute Gasteiger partial charge is 0.137 e. The maximum Gasteiger partial charge on any atom is 0.137 e. The Morgan fingerprint density at radius 2 is 1.51 bits per heavy atom. The molecule has 2 unspecified atom stereocenters. The molecule has 0 amide bonds. The molecule has 0 N–H and O–H groups in total. The van der Waals surface area contributed by atoms with Gasteiger partial charge in [0.15, 0.2) is 0 Å². The highest BCUT2D eigenvalue weighted by atomic mass is 15.2. The van der Waals surface area contributed by atoms with E-state index in [-0.39, 0.29) is 5.41 Å². The minimum absolute atomic E-state index is 0.0641. The molecule has 0 radical (unpaired) electrons. The lowest BCUT2D eigenvalue weighted by atomic mass is 9.82. The third-order valence-corrected chi connectivity index (χ3v) is 10.9. The summed E-state index contributed by atoms with van der Waals surface area (Å²) in [5.41, 5.74) is 14.7. The summed E-state index contributed by atoms with van der Waals surface area (Å²) in [4.78, 5) is 9.77. The fourth-order valence-corrected chi connectivity index (χ4v) is 8.63. The SMILES string of the molecule is CC1(C)c2ccccc2-c2ccc(N(c3ccc(C4=CC5=C(CC4)N(c4ccccc4)C4CCC=CC54)cc3)c3ccccn3)cc21. The summed E-state index contributed by atoms with van der Waals surface area (Å²) in [6, 6.07) is 42.6. The van der Waals surface area contributed by atoms with Crippen molar-refractivity contribution in [3.8, 4) is 11.1 Å². The Kier molecular flexibility index (Phi) is 6.57. The van der Waals surface area contributed by atoms with Crippen molar-refractivity contribution in [3.05, 3.63) is 168 Å². The number of para-hydroxylation sites is 1. The van der Waals surface area contributed by atoms with Crippen molar-refractivity contribution in [2.45, 2.75) is 51.0 Å². The fraction of sp³-hybridized carbons (Fsp3) is 0.205. The molecule has 4 aliphatic rings. The van der Waals surface area contributed by atoms with Crippen molar-refractivity contribution < 1.29 is 0 Å². The Bertz CT molecular complexity index is 2070. The van der Waals surface area contributed by atoms with Crippen LogP contribution in [-0.2, 0) is 5.41 Å². The van der Waals surface area contributed by atoms with Crippen LogP contribution in [0.2, 0.25) is 0 Å². The molecule has 0 bridgehead atoms. The quantitative estimate of drug-likeness (QED) is 0.185. The number of pyridine rings is 1. The van der Waals surface area contributed by atoms with Gasteiger partial charge in [0.2, 0.25) is 0 Å². The number of rotatable bonds is 5. The molecule has 47 heavy (non-hydrogen) atoms. The molecule has 230 valence electrons. The van der Waals surface area contributed by atoms with Crippen LogP contribution >= 0.6 is 0 Å². The molecule has 3 nitrogen and oxygen atoms in total. The predicted octanol–water partition coefficient (Wildman–Crippen LogP) is 11.1.